The monoisotopic (exact) mass is 462 g/mol. The third-order valence-corrected chi connectivity index (χ3v) is 6.43. The molecular weight excluding hydrogens is 440 g/mol. The van der Waals surface area contributed by atoms with E-state index in [0.717, 1.165) is 10.1 Å². The minimum absolute atomic E-state index is 0.0509. The van der Waals surface area contributed by atoms with Crippen LogP contribution in [0.5, 0.6) is 5.75 Å². The van der Waals surface area contributed by atoms with E-state index in [1.807, 2.05) is 4.57 Å². The van der Waals surface area contributed by atoms with Gasteiger partial charge in [-0.25, -0.2) is 4.79 Å². The first-order chi connectivity index (χ1) is 16.2. The van der Waals surface area contributed by atoms with Gasteiger partial charge >= 0.3 is 5.69 Å². The van der Waals surface area contributed by atoms with E-state index < -0.39 is 22.3 Å². The zero-order chi connectivity index (χ0) is 24.3. The summed E-state index contributed by atoms with van der Waals surface area (Å²) in [5.41, 5.74) is 2.29. The molecule has 2 aromatic heterocycles. The van der Waals surface area contributed by atoms with Crippen LogP contribution in [-0.4, -0.2) is 30.3 Å². The number of nitro benzene ring substituents is 1. The van der Waals surface area contributed by atoms with Gasteiger partial charge in [0, 0.05) is 37.8 Å². The molecule has 1 atom stereocenters. The minimum atomic E-state index is -0.608. The molecule has 5 rings (SSSR count). The molecule has 34 heavy (non-hydrogen) atoms. The van der Waals surface area contributed by atoms with Gasteiger partial charge in [-0.1, -0.05) is 24.3 Å². The highest BCUT2D eigenvalue weighted by Gasteiger charge is 2.33. The van der Waals surface area contributed by atoms with E-state index >= 15 is 0 Å². The van der Waals surface area contributed by atoms with Crippen molar-refractivity contribution < 1.29 is 14.8 Å². The Morgan fingerprint density at radius 2 is 1.79 bits per heavy atom. The second kappa shape index (κ2) is 7.70. The number of fused-ring (bicyclic) bond motifs is 3. The van der Waals surface area contributed by atoms with Crippen molar-refractivity contribution >= 4 is 16.6 Å². The van der Waals surface area contributed by atoms with E-state index in [0.29, 0.717) is 46.6 Å². The first-order valence-electron chi connectivity index (χ1n) is 10.7. The van der Waals surface area contributed by atoms with Crippen molar-refractivity contribution in [1.29, 1.82) is 0 Å². The fourth-order valence-corrected chi connectivity index (χ4v) is 4.74. The summed E-state index contributed by atoms with van der Waals surface area (Å²) in [4.78, 5) is 37.5. The Hall–Kier alpha value is -4.18. The Labute approximate surface area is 193 Å². The number of hydrogen-bond donors (Lipinski definition) is 1. The lowest BCUT2D eigenvalue weighted by molar-refractivity contribution is -0.385. The van der Waals surface area contributed by atoms with Gasteiger partial charge in [0.1, 0.15) is 11.9 Å². The van der Waals surface area contributed by atoms with Crippen LogP contribution < -0.4 is 11.2 Å². The van der Waals surface area contributed by atoms with Gasteiger partial charge < -0.3 is 14.4 Å². The Morgan fingerprint density at radius 3 is 2.47 bits per heavy atom. The van der Waals surface area contributed by atoms with Crippen LogP contribution in [0.25, 0.3) is 22.2 Å². The van der Waals surface area contributed by atoms with Crippen molar-refractivity contribution in [3.8, 4) is 17.0 Å². The summed E-state index contributed by atoms with van der Waals surface area (Å²) in [6, 6.07) is 11.4. The molecule has 0 bridgehead atoms. The smallest absolute Gasteiger partial charge is 0.331 e. The maximum atomic E-state index is 13.4. The topological polar surface area (TPSA) is 122 Å². The van der Waals surface area contributed by atoms with E-state index in [4.69, 9.17) is 4.74 Å². The van der Waals surface area contributed by atoms with Gasteiger partial charge in [0.05, 0.1) is 33.8 Å². The molecule has 0 amide bonds. The summed E-state index contributed by atoms with van der Waals surface area (Å²) in [5, 5.41) is 21.7. The lowest BCUT2D eigenvalue weighted by Crippen LogP contribution is -2.37. The predicted octanol–water partition coefficient (Wildman–Crippen LogP) is 2.75. The molecule has 10 heteroatoms. The Kier molecular flexibility index (Phi) is 4.90. The molecule has 10 nitrogen and oxygen atoms in total. The summed E-state index contributed by atoms with van der Waals surface area (Å²) in [5.74, 6) is 0.105. The van der Waals surface area contributed by atoms with Crippen LogP contribution in [0.1, 0.15) is 22.9 Å². The second-order valence-corrected chi connectivity index (χ2v) is 8.42. The SMILES string of the molecule is Cc1ccc(-c2c3c(=O)n(C)c(=O)n(C)c3c3n2CCO[C@@H]3c2ccc(O)cc2)cc1[N+](=O)[O-]. The average molecular weight is 462 g/mol. The lowest BCUT2D eigenvalue weighted by Gasteiger charge is -2.27. The normalized spacial score (nSPS) is 15.4. The average Bonchev–Trinajstić information content (AvgIpc) is 3.17. The summed E-state index contributed by atoms with van der Waals surface area (Å²) in [6.07, 6.45) is -0.608. The Morgan fingerprint density at radius 1 is 1.09 bits per heavy atom. The van der Waals surface area contributed by atoms with Gasteiger partial charge in [-0.2, -0.15) is 0 Å². The van der Waals surface area contributed by atoms with Crippen LogP contribution >= 0.6 is 0 Å². The van der Waals surface area contributed by atoms with Crippen LogP contribution in [-0.2, 0) is 25.4 Å². The van der Waals surface area contributed by atoms with Crippen molar-refractivity contribution in [2.45, 2.75) is 19.6 Å². The molecule has 0 aliphatic carbocycles. The maximum absolute atomic E-state index is 13.4. The number of nitro groups is 1. The predicted molar refractivity (Wildman–Crippen MR) is 125 cm³/mol. The first kappa shape index (κ1) is 21.7. The quantitative estimate of drug-likeness (QED) is 0.369. The Bertz CT molecular complexity index is 1590. The van der Waals surface area contributed by atoms with E-state index in [9.17, 15) is 24.8 Å². The number of hydrogen-bond acceptors (Lipinski definition) is 6. The molecule has 2 aromatic carbocycles. The number of ether oxygens (including phenoxy) is 1. The van der Waals surface area contributed by atoms with Gasteiger partial charge in [0.2, 0.25) is 0 Å². The van der Waals surface area contributed by atoms with E-state index in [2.05, 4.69) is 0 Å². The van der Waals surface area contributed by atoms with E-state index in [-0.39, 0.29) is 11.4 Å². The van der Waals surface area contributed by atoms with Crippen molar-refractivity contribution in [3.63, 3.8) is 0 Å². The van der Waals surface area contributed by atoms with Crippen molar-refractivity contribution in [2.75, 3.05) is 6.61 Å². The van der Waals surface area contributed by atoms with Crippen molar-refractivity contribution in [3.05, 3.63) is 90.2 Å². The summed E-state index contributed by atoms with van der Waals surface area (Å²) in [7, 11) is 3.00. The molecule has 0 radical (unpaired) electrons. The molecule has 1 aliphatic heterocycles. The molecule has 1 N–H and O–H groups in total. The summed E-state index contributed by atoms with van der Waals surface area (Å²) in [6.45, 7) is 2.38. The molecule has 0 unspecified atom stereocenters. The molecule has 0 saturated heterocycles. The first-order valence-corrected chi connectivity index (χ1v) is 10.7. The molecule has 4 aromatic rings. The number of rotatable bonds is 3. The molecule has 0 spiro atoms. The molecule has 3 heterocycles. The molecular formula is C24H22N4O6. The highest BCUT2D eigenvalue weighted by Crippen LogP contribution is 2.41. The molecule has 0 fully saturated rings. The highest BCUT2D eigenvalue weighted by molar-refractivity contribution is 5.97. The number of aromatic nitrogens is 3. The highest BCUT2D eigenvalue weighted by atomic mass is 16.6. The summed E-state index contributed by atoms with van der Waals surface area (Å²) >= 11 is 0. The van der Waals surface area contributed by atoms with Crippen LogP contribution in [0, 0.1) is 17.0 Å². The zero-order valence-electron chi connectivity index (χ0n) is 18.8. The molecule has 1 aliphatic rings. The lowest BCUT2D eigenvalue weighted by atomic mass is 10.0. The fraction of sp³-hybridized carbons (Fsp3) is 0.250. The number of aryl methyl sites for hydroxylation is 2. The van der Waals surface area contributed by atoms with Crippen LogP contribution in [0.2, 0.25) is 0 Å². The number of aromatic hydroxyl groups is 1. The van der Waals surface area contributed by atoms with Gasteiger partial charge in [0.25, 0.3) is 11.2 Å². The van der Waals surface area contributed by atoms with Crippen LogP contribution in [0.15, 0.2) is 52.1 Å². The number of benzene rings is 2. The Balaban J connectivity index is 1.93. The van der Waals surface area contributed by atoms with Crippen molar-refractivity contribution in [2.24, 2.45) is 14.1 Å². The van der Waals surface area contributed by atoms with E-state index in [1.54, 1.807) is 50.4 Å². The van der Waals surface area contributed by atoms with Gasteiger partial charge in [-0.05, 0) is 24.6 Å². The molecule has 174 valence electrons. The van der Waals surface area contributed by atoms with Gasteiger partial charge in [-0.3, -0.25) is 24.0 Å². The van der Waals surface area contributed by atoms with Crippen LogP contribution in [0.3, 0.4) is 0 Å². The zero-order valence-corrected chi connectivity index (χ0v) is 18.8. The maximum Gasteiger partial charge on any atom is 0.331 e. The second-order valence-electron chi connectivity index (χ2n) is 8.42. The van der Waals surface area contributed by atoms with Gasteiger partial charge in [-0.15, -0.1) is 0 Å². The number of nitrogens with zero attached hydrogens (tertiary/aromatic N) is 4. The third-order valence-electron chi connectivity index (χ3n) is 6.43. The van der Waals surface area contributed by atoms with Crippen molar-refractivity contribution in [1.82, 2.24) is 13.7 Å². The van der Waals surface area contributed by atoms with Crippen LogP contribution in [0.4, 0.5) is 5.69 Å². The number of phenols is 1. The fourth-order valence-electron chi connectivity index (χ4n) is 4.74. The minimum Gasteiger partial charge on any atom is -0.508 e. The van der Waals surface area contributed by atoms with E-state index in [1.165, 1.54) is 17.7 Å². The third kappa shape index (κ3) is 3.06. The largest absolute Gasteiger partial charge is 0.508 e. The van der Waals surface area contributed by atoms with Gasteiger partial charge in [0.15, 0.2) is 0 Å². The standard InChI is InChI=1S/C24H22N4O6/c1-13-4-5-15(12-17(13)28(32)33)19-18-20(25(2)24(31)26(3)23(18)30)21-22(34-11-10-27(19)21)14-6-8-16(29)9-7-14/h4-9,12,22,29H,10-11H2,1-3H3/t22-/m1/s1. The number of phenolic OH excluding ortho intramolecular Hbond substituents is 1. The summed E-state index contributed by atoms with van der Waals surface area (Å²) < 4.78 is 10.5. The molecule has 0 saturated carbocycles.